The number of fused-ring (bicyclic) bond motifs is 1. The molecule has 0 aromatic carbocycles. The Hall–Kier alpha value is -2.83. The molecule has 4 heterocycles. The maximum absolute atomic E-state index is 12.7. The Balaban J connectivity index is 1.52. The summed E-state index contributed by atoms with van der Waals surface area (Å²) in [5.74, 6) is 0.0307. The Kier molecular flexibility index (Phi) is 3.68. The molecule has 2 aliphatic heterocycles. The third-order valence-corrected chi connectivity index (χ3v) is 4.81. The minimum absolute atomic E-state index is 0.0556. The average Bonchev–Trinajstić information content (AvgIpc) is 3.16. The third-order valence-electron chi connectivity index (χ3n) is 4.81. The summed E-state index contributed by atoms with van der Waals surface area (Å²) in [4.78, 5) is 32.8. The summed E-state index contributed by atoms with van der Waals surface area (Å²) in [7, 11) is 0. The van der Waals surface area contributed by atoms with E-state index in [9.17, 15) is 9.59 Å². The van der Waals surface area contributed by atoms with Crippen molar-refractivity contribution in [2.45, 2.75) is 31.5 Å². The van der Waals surface area contributed by atoms with Gasteiger partial charge in [0.2, 0.25) is 5.91 Å². The highest BCUT2D eigenvalue weighted by molar-refractivity contribution is 5.95. The van der Waals surface area contributed by atoms with Crippen LogP contribution in [0.2, 0.25) is 0 Å². The quantitative estimate of drug-likeness (QED) is 0.838. The number of likely N-dealkylation sites (tertiary alicyclic amines) is 2. The molecule has 7 nitrogen and oxygen atoms in total. The molecule has 7 heteroatoms. The SMILES string of the molecule is O=C1CC2C(CCN2C(=O)c2ccnnc2)N1Cc1ccncc1. The molecule has 2 aromatic rings. The van der Waals surface area contributed by atoms with E-state index in [1.807, 2.05) is 21.9 Å². The predicted octanol–water partition coefficient (Wildman–Crippen LogP) is 0.887. The summed E-state index contributed by atoms with van der Waals surface area (Å²) in [6, 6.07) is 5.53. The molecule has 4 rings (SSSR count). The Labute approximate surface area is 139 Å². The lowest BCUT2D eigenvalue weighted by molar-refractivity contribution is -0.129. The highest BCUT2D eigenvalue weighted by Gasteiger charge is 2.48. The molecule has 0 saturated carbocycles. The van der Waals surface area contributed by atoms with Crippen LogP contribution < -0.4 is 0 Å². The Bertz CT molecular complexity index is 752. The maximum atomic E-state index is 12.7. The molecule has 122 valence electrons. The second-order valence-electron chi connectivity index (χ2n) is 6.13. The number of aromatic nitrogens is 3. The van der Waals surface area contributed by atoms with E-state index < -0.39 is 0 Å². The van der Waals surface area contributed by atoms with Gasteiger partial charge in [-0.05, 0) is 30.2 Å². The van der Waals surface area contributed by atoms with E-state index in [2.05, 4.69) is 15.2 Å². The molecule has 2 amide bonds. The fourth-order valence-electron chi connectivity index (χ4n) is 3.65. The first-order valence-corrected chi connectivity index (χ1v) is 8.00. The van der Waals surface area contributed by atoms with Gasteiger partial charge in [-0.2, -0.15) is 10.2 Å². The number of carbonyl (C=O) groups excluding carboxylic acids is 2. The van der Waals surface area contributed by atoms with Gasteiger partial charge in [0.25, 0.3) is 5.91 Å². The molecular weight excluding hydrogens is 306 g/mol. The lowest BCUT2D eigenvalue weighted by Crippen LogP contribution is -2.39. The van der Waals surface area contributed by atoms with Crippen LogP contribution in [0.1, 0.15) is 28.8 Å². The number of carbonyl (C=O) groups is 2. The topological polar surface area (TPSA) is 79.3 Å². The van der Waals surface area contributed by atoms with E-state index in [1.54, 1.807) is 18.5 Å². The van der Waals surface area contributed by atoms with E-state index in [0.717, 1.165) is 12.0 Å². The second kappa shape index (κ2) is 5.99. The van der Waals surface area contributed by atoms with Crippen LogP contribution in [0.3, 0.4) is 0 Å². The highest BCUT2D eigenvalue weighted by Crippen LogP contribution is 2.34. The third kappa shape index (κ3) is 2.51. The van der Waals surface area contributed by atoms with Crippen molar-refractivity contribution in [2.75, 3.05) is 6.54 Å². The van der Waals surface area contributed by atoms with E-state index in [-0.39, 0.29) is 23.9 Å². The van der Waals surface area contributed by atoms with Crippen molar-refractivity contribution in [1.82, 2.24) is 25.0 Å². The fraction of sp³-hybridized carbons (Fsp3) is 0.353. The summed E-state index contributed by atoms with van der Waals surface area (Å²) < 4.78 is 0. The van der Waals surface area contributed by atoms with Gasteiger partial charge in [0.1, 0.15) is 0 Å². The van der Waals surface area contributed by atoms with Crippen molar-refractivity contribution in [3.8, 4) is 0 Å². The second-order valence-corrected chi connectivity index (χ2v) is 6.13. The lowest BCUT2D eigenvalue weighted by Gasteiger charge is -2.25. The van der Waals surface area contributed by atoms with Crippen LogP contribution >= 0.6 is 0 Å². The van der Waals surface area contributed by atoms with Crippen LogP contribution in [0.5, 0.6) is 0 Å². The molecule has 2 fully saturated rings. The molecule has 2 atom stereocenters. The van der Waals surface area contributed by atoms with E-state index in [1.165, 1.54) is 12.4 Å². The van der Waals surface area contributed by atoms with Crippen LogP contribution in [-0.4, -0.2) is 55.4 Å². The van der Waals surface area contributed by atoms with Gasteiger partial charge >= 0.3 is 0 Å². The monoisotopic (exact) mass is 323 g/mol. The van der Waals surface area contributed by atoms with Crippen LogP contribution in [-0.2, 0) is 11.3 Å². The standard InChI is InChI=1S/C17H17N5O2/c23-16-9-15-14(22(16)11-12-1-5-18-6-2-12)4-8-21(15)17(24)13-3-7-19-20-10-13/h1-3,5-7,10,14-15H,4,8-9,11H2. The molecular formula is C17H17N5O2. The van der Waals surface area contributed by atoms with Gasteiger partial charge in [0.05, 0.1) is 30.0 Å². The molecule has 2 unspecified atom stereocenters. The first-order chi connectivity index (χ1) is 11.7. The largest absolute Gasteiger partial charge is 0.333 e. The summed E-state index contributed by atoms with van der Waals surface area (Å²) in [5.41, 5.74) is 1.58. The lowest BCUT2D eigenvalue weighted by atomic mass is 10.1. The van der Waals surface area contributed by atoms with Gasteiger partial charge in [0.15, 0.2) is 0 Å². The van der Waals surface area contributed by atoms with Gasteiger partial charge in [-0.1, -0.05) is 0 Å². The van der Waals surface area contributed by atoms with Crippen molar-refractivity contribution >= 4 is 11.8 Å². The number of hydrogen-bond donors (Lipinski definition) is 0. The van der Waals surface area contributed by atoms with Gasteiger partial charge in [-0.3, -0.25) is 14.6 Å². The van der Waals surface area contributed by atoms with E-state index in [4.69, 9.17) is 0 Å². The van der Waals surface area contributed by atoms with E-state index >= 15 is 0 Å². The van der Waals surface area contributed by atoms with Crippen molar-refractivity contribution < 1.29 is 9.59 Å². The number of nitrogens with zero attached hydrogens (tertiary/aromatic N) is 5. The van der Waals surface area contributed by atoms with Crippen molar-refractivity contribution in [3.63, 3.8) is 0 Å². The number of pyridine rings is 1. The first kappa shape index (κ1) is 14.7. The number of amides is 2. The summed E-state index contributed by atoms with van der Waals surface area (Å²) >= 11 is 0. The van der Waals surface area contributed by atoms with Crippen LogP contribution in [0.4, 0.5) is 0 Å². The number of hydrogen-bond acceptors (Lipinski definition) is 5. The Morgan fingerprint density at radius 3 is 2.71 bits per heavy atom. The Morgan fingerprint density at radius 1 is 1.12 bits per heavy atom. The maximum Gasteiger partial charge on any atom is 0.255 e. The zero-order valence-electron chi connectivity index (χ0n) is 13.1. The van der Waals surface area contributed by atoms with Crippen LogP contribution in [0, 0.1) is 0 Å². The molecule has 2 aromatic heterocycles. The normalized spacial score (nSPS) is 22.8. The Morgan fingerprint density at radius 2 is 1.96 bits per heavy atom. The molecule has 0 radical (unpaired) electrons. The summed E-state index contributed by atoms with van der Waals surface area (Å²) in [6.45, 7) is 1.23. The summed E-state index contributed by atoms with van der Waals surface area (Å²) in [6.07, 6.45) is 7.64. The molecule has 2 aliphatic rings. The highest BCUT2D eigenvalue weighted by atomic mass is 16.2. The van der Waals surface area contributed by atoms with Gasteiger partial charge < -0.3 is 9.80 Å². The molecule has 0 N–H and O–H groups in total. The smallest absolute Gasteiger partial charge is 0.255 e. The molecule has 2 saturated heterocycles. The van der Waals surface area contributed by atoms with Gasteiger partial charge in [-0.15, -0.1) is 0 Å². The van der Waals surface area contributed by atoms with Crippen molar-refractivity contribution in [3.05, 3.63) is 54.1 Å². The van der Waals surface area contributed by atoms with Crippen molar-refractivity contribution in [1.29, 1.82) is 0 Å². The number of rotatable bonds is 3. The average molecular weight is 323 g/mol. The first-order valence-electron chi connectivity index (χ1n) is 8.00. The minimum atomic E-state index is -0.0732. The minimum Gasteiger partial charge on any atom is -0.333 e. The summed E-state index contributed by atoms with van der Waals surface area (Å²) in [5, 5.41) is 7.47. The van der Waals surface area contributed by atoms with Gasteiger partial charge in [0, 0.05) is 31.9 Å². The molecule has 0 bridgehead atoms. The molecule has 0 spiro atoms. The zero-order chi connectivity index (χ0) is 16.5. The fourth-order valence-corrected chi connectivity index (χ4v) is 3.65. The molecule has 24 heavy (non-hydrogen) atoms. The zero-order valence-corrected chi connectivity index (χ0v) is 13.1. The van der Waals surface area contributed by atoms with Crippen LogP contribution in [0.25, 0.3) is 0 Å². The van der Waals surface area contributed by atoms with Crippen molar-refractivity contribution in [2.24, 2.45) is 0 Å². The predicted molar refractivity (Wildman–Crippen MR) is 84.7 cm³/mol. The van der Waals surface area contributed by atoms with Crippen LogP contribution in [0.15, 0.2) is 43.0 Å². The van der Waals surface area contributed by atoms with Gasteiger partial charge in [-0.25, -0.2) is 0 Å². The molecule has 0 aliphatic carbocycles. The van der Waals surface area contributed by atoms with E-state index in [0.29, 0.717) is 25.1 Å².